The molecule has 0 aliphatic carbocycles. The van der Waals surface area contributed by atoms with Gasteiger partial charge in [0.15, 0.2) is 5.82 Å². The average Bonchev–Trinajstić information content (AvgIpc) is 2.75. The van der Waals surface area contributed by atoms with E-state index in [2.05, 4.69) is 31.0 Å². The first-order valence-electron chi connectivity index (χ1n) is 3.91. The molecular formula is C8H7BrN4O. The van der Waals surface area contributed by atoms with Gasteiger partial charge in [-0.25, -0.2) is 4.98 Å². The monoisotopic (exact) mass is 254 g/mol. The molecule has 0 aliphatic rings. The van der Waals surface area contributed by atoms with Crippen LogP contribution < -0.4 is 0 Å². The number of hydrogen-bond donors (Lipinski definition) is 1. The van der Waals surface area contributed by atoms with Gasteiger partial charge in [0.2, 0.25) is 5.78 Å². The lowest BCUT2D eigenvalue weighted by atomic mass is 10.3. The summed E-state index contributed by atoms with van der Waals surface area (Å²) < 4.78 is 2.18. The van der Waals surface area contributed by atoms with Crippen molar-refractivity contribution in [3.8, 4) is 0 Å². The quantitative estimate of drug-likeness (QED) is 0.818. The maximum absolute atomic E-state index is 11.8. The Morgan fingerprint density at radius 2 is 2.43 bits per heavy atom. The van der Waals surface area contributed by atoms with Crippen molar-refractivity contribution in [3.05, 3.63) is 34.6 Å². The van der Waals surface area contributed by atoms with Gasteiger partial charge in [0.1, 0.15) is 5.69 Å². The summed E-state index contributed by atoms with van der Waals surface area (Å²) in [5.74, 6) is 0.135. The van der Waals surface area contributed by atoms with E-state index < -0.39 is 0 Å². The molecule has 2 aromatic heterocycles. The van der Waals surface area contributed by atoms with E-state index in [1.165, 1.54) is 10.9 Å². The van der Waals surface area contributed by atoms with Gasteiger partial charge in [-0.2, -0.15) is 5.10 Å². The van der Waals surface area contributed by atoms with Gasteiger partial charge in [0.25, 0.3) is 0 Å². The fourth-order valence-electron chi connectivity index (χ4n) is 1.17. The minimum Gasteiger partial charge on any atom is -0.342 e. The molecule has 2 rings (SSSR count). The number of nitrogens with zero attached hydrogens (tertiary/aromatic N) is 3. The van der Waals surface area contributed by atoms with Crippen LogP contribution in [0.1, 0.15) is 16.3 Å². The topological polar surface area (TPSA) is 63.6 Å². The summed E-state index contributed by atoms with van der Waals surface area (Å²) in [6.45, 7) is 0. The van der Waals surface area contributed by atoms with Crippen LogP contribution in [0.5, 0.6) is 0 Å². The number of ketones is 1. The Labute approximate surface area is 88.3 Å². The molecule has 0 saturated heterocycles. The van der Waals surface area contributed by atoms with Crippen molar-refractivity contribution in [1.29, 1.82) is 0 Å². The minimum atomic E-state index is -0.179. The van der Waals surface area contributed by atoms with Crippen LogP contribution >= 0.6 is 15.9 Å². The molecule has 0 amide bonds. The maximum atomic E-state index is 11.8. The molecule has 5 nitrogen and oxygen atoms in total. The SMILES string of the molecule is Cn1ncc(Br)c1C(=O)c1ncc[nH]1. The number of halogens is 1. The predicted molar refractivity (Wildman–Crippen MR) is 52.9 cm³/mol. The third-order valence-electron chi connectivity index (χ3n) is 1.82. The second-order valence-corrected chi connectivity index (χ2v) is 3.59. The van der Waals surface area contributed by atoms with E-state index in [1.807, 2.05) is 0 Å². The van der Waals surface area contributed by atoms with Gasteiger partial charge in [0, 0.05) is 19.4 Å². The first kappa shape index (κ1) is 9.14. The zero-order valence-electron chi connectivity index (χ0n) is 7.36. The van der Waals surface area contributed by atoms with Gasteiger partial charge in [-0.1, -0.05) is 0 Å². The summed E-state index contributed by atoms with van der Waals surface area (Å²) in [4.78, 5) is 18.5. The molecule has 6 heteroatoms. The summed E-state index contributed by atoms with van der Waals surface area (Å²) in [5, 5.41) is 3.95. The normalized spacial score (nSPS) is 10.4. The van der Waals surface area contributed by atoms with Gasteiger partial charge >= 0.3 is 0 Å². The summed E-state index contributed by atoms with van der Waals surface area (Å²) in [5.41, 5.74) is 0.486. The second-order valence-electron chi connectivity index (χ2n) is 2.73. The van der Waals surface area contributed by atoms with E-state index in [9.17, 15) is 4.79 Å². The van der Waals surface area contributed by atoms with Crippen LogP contribution in [0.4, 0.5) is 0 Å². The van der Waals surface area contributed by atoms with E-state index in [-0.39, 0.29) is 5.78 Å². The second kappa shape index (κ2) is 3.38. The van der Waals surface area contributed by atoms with Crippen LogP contribution in [0.15, 0.2) is 23.1 Å². The highest BCUT2D eigenvalue weighted by Gasteiger charge is 2.18. The van der Waals surface area contributed by atoms with Crippen LogP contribution in [0.25, 0.3) is 0 Å². The van der Waals surface area contributed by atoms with Crippen molar-refractivity contribution in [3.63, 3.8) is 0 Å². The van der Waals surface area contributed by atoms with Crippen molar-refractivity contribution < 1.29 is 4.79 Å². The van der Waals surface area contributed by atoms with E-state index >= 15 is 0 Å². The summed E-state index contributed by atoms with van der Waals surface area (Å²) in [6, 6.07) is 0. The Bertz CT molecular complexity index is 440. The molecule has 0 fully saturated rings. The van der Waals surface area contributed by atoms with Gasteiger partial charge in [-0.3, -0.25) is 9.48 Å². The Balaban J connectivity index is 2.46. The molecule has 0 atom stereocenters. The van der Waals surface area contributed by atoms with E-state index in [1.54, 1.807) is 19.4 Å². The molecule has 14 heavy (non-hydrogen) atoms. The number of H-pyrrole nitrogens is 1. The highest BCUT2D eigenvalue weighted by molar-refractivity contribution is 9.10. The average molecular weight is 255 g/mol. The summed E-state index contributed by atoms with van der Waals surface area (Å²) in [6.07, 6.45) is 4.73. The Morgan fingerprint density at radius 3 is 2.93 bits per heavy atom. The molecule has 0 spiro atoms. The first-order chi connectivity index (χ1) is 6.70. The van der Waals surface area contributed by atoms with Gasteiger partial charge in [-0.05, 0) is 15.9 Å². The van der Waals surface area contributed by atoms with Crippen molar-refractivity contribution in [2.24, 2.45) is 7.05 Å². The number of nitrogens with one attached hydrogen (secondary N) is 1. The number of imidazole rings is 1. The fourth-order valence-corrected chi connectivity index (χ4v) is 1.70. The Kier molecular flexibility index (Phi) is 2.20. The number of carbonyl (C=O) groups excluding carboxylic acids is 1. The van der Waals surface area contributed by atoms with E-state index in [0.717, 1.165) is 0 Å². The molecule has 0 aromatic carbocycles. The molecule has 0 bridgehead atoms. The van der Waals surface area contributed by atoms with Crippen LogP contribution in [0, 0.1) is 0 Å². The lowest BCUT2D eigenvalue weighted by Gasteiger charge is -1.98. The third-order valence-corrected chi connectivity index (χ3v) is 2.40. The third kappa shape index (κ3) is 1.37. The lowest BCUT2D eigenvalue weighted by Crippen LogP contribution is -2.10. The number of carbonyl (C=O) groups is 1. The first-order valence-corrected chi connectivity index (χ1v) is 4.71. The standard InChI is InChI=1S/C8H7BrN4O/c1-13-6(5(9)4-12-13)7(14)8-10-2-3-11-8/h2-4H,1H3,(H,10,11). The molecule has 2 heterocycles. The molecule has 0 radical (unpaired) electrons. The highest BCUT2D eigenvalue weighted by Crippen LogP contribution is 2.17. The minimum absolute atomic E-state index is 0.179. The Hall–Kier alpha value is -1.43. The van der Waals surface area contributed by atoms with Gasteiger partial charge < -0.3 is 4.98 Å². The predicted octanol–water partition coefficient (Wildman–Crippen LogP) is 1.14. The summed E-state index contributed by atoms with van der Waals surface area (Å²) >= 11 is 3.26. The van der Waals surface area contributed by atoms with Crippen molar-refractivity contribution in [2.45, 2.75) is 0 Å². The fraction of sp³-hybridized carbons (Fsp3) is 0.125. The molecule has 72 valence electrons. The number of aromatic nitrogens is 4. The van der Waals surface area contributed by atoms with Gasteiger partial charge in [-0.15, -0.1) is 0 Å². The van der Waals surface area contributed by atoms with Crippen molar-refractivity contribution in [1.82, 2.24) is 19.7 Å². The van der Waals surface area contributed by atoms with Crippen LogP contribution in [-0.2, 0) is 7.05 Å². The zero-order chi connectivity index (χ0) is 10.1. The van der Waals surface area contributed by atoms with Crippen molar-refractivity contribution >= 4 is 21.7 Å². The number of hydrogen-bond acceptors (Lipinski definition) is 3. The summed E-state index contributed by atoms with van der Waals surface area (Å²) in [7, 11) is 1.71. The molecule has 0 aliphatic heterocycles. The number of aromatic amines is 1. The molecule has 0 unspecified atom stereocenters. The van der Waals surface area contributed by atoms with Crippen LogP contribution in [0.2, 0.25) is 0 Å². The van der Waals surface area contributed by atoms with Crippen LogP contribution in [0.3, 0.4) is 0 Å². The Morgan fingerprint density at radius 1 is 1.64 bits per heavy atom. The number of aryl methyl sites for hydroxylation is 1. The molecular weight excluding hydrogens is 248 g/mol. The van der Waals surface area contributed by atoms with Crippen LogP contribution in [-0.4, -0.2) is 25.5 Å². The molecule has 0 saturated carbocycles. The maximum Gasteiger partial charge on any atom is 0.247 e. The lowest BCUT2D eigenvalue weighted by molar-refractivity contribution is 0.102. The smallest absolute Gasteiger partial charge is 0.247 e. The van der Waals surface area contributed by atoms with E-state index in [0.29, 0.717) is 16.0 Å². The highest BCUT2D eigenvalue weighted by atomic mass is 79.9. The number of rotatable bonds is 2. The zero-order valence-corrected chi connectivity index (χ0v) is 8.95. The largest absolute Gasteiger partial charge is 0.342 e. The van der Waals surface area contributed by atoms with Crippen molar-refractivity contribution in [2.75, 3.05) is 0 Å². The van der Waals surface area contributed by atoms with Gasteiger partial charge in [0.05, 0.1) is 10.7 Å². The van der Waals surface area contributed by atoms with E-state index in [4.69, 9.17) is 0 Å². The molecule has 1 N–H and O–H groups in total. The molecule has 2 aromatic rings.